The number of nitrogens with one attached hydrogen (secondary N) is 2. The number of hydrogen-bond donors (Lipinski definition) is 4. The van der Waals surface area contributed by atoms with Crippen LogP contribution in [0.25, 0.3) is 22.0 Å². The van der Waals surface area contributed by atoms with Crippen LogP contribution in [0, 0.1) is 11.6 Å². The van der Waals surface area contributed by atoms with Crippen LogP contribution < -0.4 is 16.4 Å². The number of amides is 1. The van der Waals surface area contributed by atoms with Crippen LogP contribution in [-0.2, 0) is 32.5 Å². The molecule has 4 N–H and O–H groups in total. The Kier molecular flexibility index (Phi) is 9.93. The number of carbonyl (C=O) groups is 2. The van der Waals surface area contributed by atoms with Gasteiger partial charge in [-0.05, 0) is 49.9 Å². The van der Waals surface area contributed by atoms with Gasteiger partial charge in [0.15, 0.2) is 14.6 Å². The Labute approximate surface area is 241 Å². The van der Waals surface area contributed by atoms with Crippen LogP contribution in [0.15, 0.2) is 41.5 Å². The van der Waals surface area contributed by atoms with Crippen molar-refractivity contribution in [1.82, 2.24) is 20.3 Å². The lowest BCUT2D eigenvalue weighted by atomic mass is 10.0. The summed E-state index contributed by atoms with van der Waals surface area (Å²) in [6, 6.07) is 7.27. The fourth-order valence-corrected chi connectivity index (χ4v) is 4.75. The maximum absolute atomic E-state index is 15.0. The van der Waals surface area contributed by atoms with E-state index in [-0.39, 0.29) is 35.0 Å². The number of aromatic nitrogens is 2. The Balaban J connectivity index is 0.000000646. The summed E-state index contributed by atoms with van der Waals surface area (Å²) in [5.41, 5.74) is 1.54. The molecular formula is C26H27F5N4O7S. The van der Waals surface area contributed by atoms with E-state index in [9.17, 15) is 35.6 Å². The minimum Gasteiger partial charge on any atom is -0.475 e. The van der Waals surface area contributed by atoms with E-state index in [1.807, 2.05) is 0 Å². The van der Waals surface area contributed by atoms with E-state index in [0.29, 0.717) is 12.6 Å². The van der Waals surface area contributed by atoms with Crippen molar-refractivity contribution in [3.05, 3.63) is 64.2 Å². The Morgan fingerprint density at radius 2 is 1.70 bits per heavy atom. The van der Waals surface area contributed by atoms with Crippen molar-refractivity contribution in [3.8, 4) is 11.1 Å². The highest BCUT2D eigenvalue weighted by Gasteiger charge is 2.43. The van der Waals surface area contributed by atoms with Crippen molar-refractivity contribution in [2.75, 3.05) is 6.26 Å². The molecule has 0 bridgehead atoms. The van der Waals surface area contributed by atoms with Gasteiger partial charge < -0.3 is 10.4 Å². The van der Waals surface area contributed by atoms with E-state index < -0.39 is 49.8 Å². The second kappa shape index (κ2) is 12.7. The molecule has 1 amide bonds. The lowest BCUT2D eigenvalue weighted by molar-refractivity contribution is -0.192. The van der Waals surface area contributed by atoms with Gasteiger partial charge in [0.2, 0.25) is 0 Å². The molecule has 0 unspecified atom stereocenters. The van der Waals surface area contributed by atoms with Crippen molar-refractivity contribution in [1.29, 1.82) is 0 Å². The maximum Gasteiger partial charge on any atom is 0.490 e. The van der Waals surface area contributed by atoms with Crippen LogP contribution in [-0.4, -0.2) is 63.4 Å². The van der Waals surface area contributed by atoms with Crippen molar-refractivity contribution >= 4 is 32.6 Å². The number of sulfone groups is 1. The standard InChI is InChI=1S/C24H26F2N4O5S.C2HF3O2/c1-24(23(32)29-33,36(2,34)35)7-8-30-13-28-21-11-17(20(26)10-18(21)22(30)31)16-6-3-14(9-19(16)25)12-27-15-4-5-15;3-2(4,5)1(6)7/h3,6,9-11,13,15,27,33H,4-5,7-8,12H2,1-2H3,(H,29,32);(H,6,7)/t24-;/m1./s1. The van der Waals surface area contributed by atoms with Gasteiger partial charge in [0.05, 0.1) is 17.2 Å². The highest BCUT2D eigenvalue weighted by molar-refractivity contribution is 7.92. The SMILES string of the molecule is C[C@@](CCn1cnc2cc(-c3ccc(CNC4CC4)cc3F)c(F)cc2c1=O)(C(=O)NO)S(C)(=O)=O.O=C(O)C(F)(F)F. The monoisotopic (exact) mass is 634 g/mol. The minimum atomic E-state index is -5.08. The number of rotatable bonds is 9. The molecule has 0 radical (unpaired) electrons. The molecule has 234 valence electrons. The molecule has 4 rings (SSSR count). The lowest BCUT2D eigenvalue weighted by Crippen LogP contribution is -2.50. The zero-order chi connectivity index (χ0) is 32.3. The number of aliphatic carboxylic acids is 1. The normalized spacial score (nSPS) is 14.9. The first-order valence-corrected chi connectivity index (χ1v) is 14.4. The minimum absolute atomic E-state index is 0.0366. The molecule has 43 heavy (non-hydrogen) atoms. The van der Waals surface area contributed by atoms with E-state index >= 15 is 4.39 Å². The first-order chi connectivity index (χ1) is 19.9. The van der Waals surface area contributed by atoms with Gasteiger partial charge in [-0.2, -0.15) is 13.2 Å². The van der Waals surface area contributed by atoms with Gasteiger partial charge >= 0.3 is 12.1 Å². The number of carboxylic acids is 1. The quantitative estimate of drug-likeness (QED) is 0.157. The number of alkyl halides is 3. The molecule has 3 aromatic rings. The molecule has 1 aromatic heterocycles. The van der Waals surface area contributed by atoms with Gasteiger partial charge in [0.1, 0.15) is 11.6 Å². The Hall–Kier alpha value is -3.96. The summed E-state index contributed by atoms with van der Waals surface area (Å²) >= 11 is 0. The molecule has 1 saturated carbocycles. The first-order valence-electron chi connectivity index (χ1n) is 12.5. The van der Waals surface area contributed by atoms with Gasteiger partial charge in [-0.25, -0.2) is 32.5 Å². The maximum atomic E-state index is 15.0. The van der Waals surface area contributed by atoms with Gasteiger partial charge in [0, 0.05) is 36.5 Å². The molecule has 1 fully saturated rings. The number of benzene rings is 2. The van der Waals surface area contributed by atoms with Crippen LogP contribution in [0.3, 0.4) is 0 Å². The van der Waals surface area contributed by atoms with Crippen molar-refractivity contribution in [2.24, 2.45) is 0 Å². The van der Waals surface area contributed by atoms with E-state index in [1.54, 1.807) is 6.07 Å². The summed E-state index contributed by atoms with van der Waals surface area (Å²) in [6.45, 7) is 1.40. The van der Waals surface area contributed by atoms with Crippen LogP contribution in [0.4, 0.5) is 22.0 Å². The van der Waals surface area contributed by atoms with Crippen LogP contribution in [0.5, 0.6) is 0 Å². The second-order valence-electron chi connectivity index (χ2n) is 10.1. The zero-order valence-electron chi connectivity index (χ0n) is 22.7. The third-order valence-electron chi connectivity index (χ3n) is 6.88. The third-order valence-corrected chi connectivity index (χ3v) is 8.91. The fourth-order valence-electron chi connectivity index (χ4n) is 3.90. The van der Waals surface area contributed by atoms with Crippen LogP contribution >= 0.6 is 0 Å². The number of aryl methyl sites for hydroxylation is 1. The number of fused-ring (bicyclic) bond motifs is 1. The molecule has 1 atom stereocenters. The zero-order valence-corrected chi connectivity index (χ0v) is 23.5. The molecule has 1 aliphatic carbocycles. The number of hydroxylamine groups is 1. The molecule has 17 heteroatoms. The van der Waals surface area contributed by atoms with E-state index in [4.69, 9.17) is 15.1 Å². The topological polar surface area (TPSA) is 168 Å². The number of carbonyl (C=O) groups excluding carboxylic acids is 1. The molecule has 2 aromatic carbocycles. The predicted octanol–water partition coefficient (Wildman–Crippen LogP) is 2.93. The summed E-state index contributed by atoms with van der Waals surface area (Å²) in [5, 5.41) is 19.3. The molecular weight excluding hydrogens is 607 g/mol. The van der Waals surface area contributed by atoms with Crippen molar-refractivity contribution in [2.45, 2.75) is 56.2 Å². The van der Waals surface area contributed by atoms with Crippen LogP contribution in [0.1, 0.15) is 31.7 Å². The van der Waals surface area contributed by atoms with Crippen molar-refractivity contribution < 1.29 is 50.3 Å². The van der Waals surface area contributed by atoms with Crippen LogP contribution in [0.2, 0.25) is 0 Å². The fraction of sp³-hybridized carbons (Fsp3) is 0.385. The number of hydrogen-bond acceptors (Lipinski definition) is 8. The Bertz CT molecular complexity index is 1710. The molecule has 11 nitrogen and oxygen atoms in total. The molecule has 0 aliphatic heterocycles. The lowest BCUT2D eigenvalue weighted by Gasteiger charge is -2.25. The summed E-state index contributed by atoms with van der Waals surface area (Å²) in [6.07, 6.45) is -1.23. The van der Waals surface area contributed by atoms with Gasteiger partial charge in [0.25, 0.3) is 11.5 Å². The largest absolute Gasteiger partial charge is 0.490 e. The highest BCUT2D eigenvalue weighted by Crippen LogP contribution is 2.29. The summed E-state index contributed by atoms with van der Waals surface area (Å²) in [4.78, 5) is 38.0. The van der Waals surface area contributed by atoms with Gasteiger partial charge in [-0.15, -0.1) is 0 Å². The average Bonchev–Trinajstić information content (AvgIpc) is 3.75. The van der Waals surface area contributed by atoms with E-state index in [2.05, 4.69) is 10.3 Å². The first kappa shape index (κ1) is 33.5. The number of nitrogens with zero attached hydrogens (tertiary/aromatic N) is 2. The summed E-state index contributed by atoms with van der Waals surface area (Å²) < 4.78 is 84.9. The smallest absolute Gasteiger partial charge is 0.475 e. The van der Waals surface area contributed by atoms with Gasteiger partial charge in [-0.1, -0.05) is 12.1 Å². The molecule has 1 heterocycles. The summed E-state index contributed by atoms with van der Waals surface area (Å²) in [7, 11) is -3.96. The molecule has 0 spiro atoms. The Morgan fingerprint density at radius 3 is 2.21 bits per heavy atom. The van der Waals surface area contributed by atoms with Gasteiger partial charge in [-0.3, -0.25) is 19.4 Å². The summed E-state index contributed by atoms with van der Waals surface area (Å²) in [5.74, 6) is -5.31. The Morgan fingerprint density at radius 1 is 1.09 bits per heavy atom. The number of halogens is 5. The third kappa shape index (κ3) is 7.91. The highest BCUT2D eigenvalue weighted by atomic mass is 32.2. The molecule has 0 saturated heterocycles. The van der Waals surface area contributed by atoms with E-state index in [0.717, 1.165) is 48.5 Å². The van der Waals surface area contributed by atoms with Crippen molar-refractivity contribution in [3.63, 3.8) is 0 Å². The van der Waals surface area contributed by atoms with E-state index in [1.165, 1.54) is 23.7 Å². The average molecular weight is 635 g/mol. The molecule has 1 aliphatic rings. The number of carboxylic acid groups (broad SMARTS) is 1. The predicted molar refractivity (Wildman–Crippen MR) is 143 cm³/mol. The second-order valence-corrected chi connectivity index (χ2v) is 12.5.